The zero-order valence-electron chi connectivity index (χ0n) is 10.3. The SMILES string of the molecule is COC(=O)C1(C(=O)N2CCc3ccccc32)CC1. The summed E-state index contributed by atoms with van der Waals surface area (Å²) >= 11 is 0. The lowest BCUT2D eigenvalue weighted by atomic mass is 10.1. The van der Waals surface area contributed by atoms with Crippen molar-refractivity contribution in [2.24, 2.45) is 5.41 Å². The molecular formula is C14H15NO3. The van der Waals surface area contributed by atoms with Gasteiger partial charge in [-0.3, -0.25) is 9.59 Å². The average molecular weight is 245 g/mol. The van der Waals surface area contributed by atoms with Gasteiger partial charge in [-0.2, -0.15) is 0 Å². The van der Waals surface area contributed by atoms with Crippen LogP contribution in [0.1, 0.15) is 18.4 Å². The molecule has 1 aromatic rings. The normalized spacial score (nSPS) is 19.3. The standard InChI is InChI=1S/C14H15NO3/c1-18-13(17)14(7-8-14)12(16)15-9-6-10-4-2-3-5-11(10)15/h2-5H,6-9H2,1H3. The van der Waals surface area contributed by atoms with Crippen LogP contribution < -0.4 is 4.90 Å². The minimum Gasteiger partial charge on any atom is -0.468 e. The molecular weight excluding hydrogens is 230 g/mol. The number of esters is 1. The van der Waals surface area contributed by atoms with Crippen LogP contribution in [-0.4, -0.2) is 25.5 Å². The molecule has 1 heterocycles. The van der Waals surface area contributed by atoms with Crippen molar-refractivity contribution in [2.75, 3.05) is 18.6 Å². The maximum atomic E-state index is 12.5. The molecule has 0 unspecified atom stereocenters. The number of nitrogens with zero attached hydrogens (tertiary/aromatic N) is 1. The first-order valence-corrected chi connectivity index (χ1v) is 6.17. The number of hydrogen-bond acceptors (Lipinski definition) is 3. The molecule has 0 saturated heterocycles. The number of methoxy groups -OCH3 is 1. The summed E-state index contributed by atoms with van der Waals surface area (Å²) in [5.41, 5.74) is 1.22. The molecule has 18 heavy (non-hydrogen) atoms. The van der Waals surface area contributed by atoms with E-state index in [2.05, 4.69) is 0 Å². The second kappa shape index (κ2) is 3.83. The highest BCUT2D eigenvalue weighted by atomic mass is 16.5. The summed E-state index contributed by atoms with van der Waals surface area (Å²) in [6, 6.07) is 7.86. The lowest BCUT2D eigenvalue weighted by Crippen LogP contribution is -2.40. The molecule has 1 aliphatic carbocycles. The number of carbonyl (C=O) groups is 2. The molecule has 1 saturated carbocycles. The summed E-state index contributed by atoms with van der Waals surface area (Å²) in [4.78, 5) is 26.0. The monoisotopic (exact) mass is 245 g/mol. The topological polar surface area (TPSA) is 46.6 Å². The Morgan fingerprint density at radius 3 is 2.67 bits per heavy atom. The Labute approximate surface area is 106 Å². The Hall–Kier alpha value is -1.84. The maximum absolute atomic E-state index is 12.5. The molecule has 1 amide bonds. The van der Waals surface area contributed by atoms with Crippen molar-refractivity contribution in [3.63, 3.8) is 0 Å². The van der Waals surface area contributed by atoms with E-state index in [9.17, 15) is 9.59 Å². The van der Waals surface area contributed by atoms with E-state index in [1.807, 2.05) is 24.3 Å². The third-order valence-electron chi connectivity index (χ3n) is 3.87. The van der Waals surface area contributed by atoms with E-state index in [0.29, 0.717) is 19.4 Å². The second-order valence-electron chi connectivity index (χ2n) is 4.91. The van der Waals surface area contributed by atoms with Gasteiger partial charge in [0.05, 0.1) is 7.11 Å². The van der Waals surface area contributed by atoms with Gasteiger partial charge in [-0.15, -0.1) is 0 Å². The molecule has 0 aromatic heterocycles. The number of amides is 1. The first-order valence-electron chi connectivity index (χ1n) is 6.17. The minimum atomic E-state index is -0.897. The molecule has 0 spiro atoms. The number of rotatable bonds is 2. The van der Waals surface area contributed by atoms with Crippen LogP contribution in [0.15, 0.2) is 24.3 Å². The Morgan fingerprint density at radius 2 is 2.00 bits per heavy atom. The Morgan fingerprint density at radius 1 is 1.28 bits per heavy atom. The van der Waals surface area contributed by atoms with Crippen LogP contribution in [0.3, 0.4) is 0 Å². The fourth-order valence-electron chi connectivity index (χ4n) is 2.63. The van der Waals surface area contributed by atoms with Gasteiger partial charge < -0.3 is 9.64 Å². The molecule has 1 aromatic carbocycles. The van der Waals surface area contributed by atoms with Crippen LogP contribution in [-0.2, 0) is 20.7 Å². The van der Waals surface area contributed by atoms with E-state index in [-0.39, 0.29) is 5.91 Å². The molecule has 0 radical (unpaired) electrons. The third kappa shape index (κ3) is 1.45. The van der Waals surface area contributed by atoms with Gasteiger partial charge in [0.25, 0.3) is 0 Å². The lowest BCUT2D eigenvalue weighted by molar-refractivity contribution is -0.151. The van der Waals surface area contributed by atoms with Gasteiger partial charge >= 0.3 is 5.97 Å². The summed E-state index contributed by atoms with van der Waals surface area (Å²) in [7, 11) is 1.34. The summed E-state index contributed by atoms with van der Waals surface area (Å²) in [5.74, 6) is -0.490. The van der Waals surface area contributed by atoms with E-state index >= 15 is 0 Å². The van der Waals surface area contributed by atoms with Crippen molar-refractivity contribution in [3.8, 4) is 0 Å². The average Bonchev–Trinajstić information content (AvgIpc) is 3.11. The van der Waals surface area contributed by atoms with Gasteiger partial charge in [0.15, 0.2) is 0 Å². The lowest BCUT2D eigenvalue weighted by Gasteiger charge is -2.22. The van der Waals surface area contributed by atoms with E-state index < -0.39 is 11.4 Å². The molecule has 3 rings (SSSR count). The molecule has 1 aliphatic heterocycles. The molecule has 1 fully saturated rings. The van der Waals surface area contributed by atoms with Crippen LogP contribution in [0.2, 0.25) is 0 Å². The second-order valence-corrected chi connectivity index (χ2v) is 4.91. The Kier molecular flexibility index (Phi) is 2.40. The molecule has 2 aliphatic rings. The van der Waals surface area contributed by atoms with Gasteiger partial charge in [-0.05, 0) is 30.9 Å². The third-order valence-corrected chi connectivity index (χ3v) is 3.87. The summed E-state index contributed by atoms with van der Waals surface area (Å²) in [6.07, 6.45) is 2.08. The van der Waals surface area contributed by atoms with E-state index in [1.54, 1.807) is 4.90 Å². The molecule has 0 bridgehead atoms. The van der Waals surface area contributed by atoms with Crippen LogP contribution in [0.4, 0.5) is 5.69 Å². The highest BCUT2D eigenvalue weighted by molar-refractivity contribution is 6.13. The number of carbonyl (C=O) groups excluding carboxylic acids is 2. The fraction of sp³-hybridized carbons (Fsp3) is 0.429. The van der Waals surface area contributed by atoms with Gasteiger partial charge in [-0.1, -0.05) is 18.2 Å². The van der Waals surface area contributed by atoms with Gasteiger partial charge in [0, 0.05) is 12.2 Å². The number of anilines is 1. The van der Waals surface area contributed by atoms with E-state index in [0.717, 1.165) is 12.1 Å². The molecule has 0 N–H and O–H groups in total. The van der Waals surface area contributed by atoms with Crippen molar-refractivity contribution in [1.29, 1.82) is 0 Å². The molecule has 0 atom stereocenters. The van der Waals surface area contributed by atoms with Crippen LogP contribution in [0.25, 0.3) is 0 Å². The molecule has 4 heteroatoms. The largest absolute Gasteiger partial charge is 0.468 e. The Bertz CT molecular complexity index is 520. The quantitative estimate of drug-likeness (QED) is 0.586. The maximum Gasteiger partial charge on any atom is 0.321 e. The van der Waals surface area contributed by atoms with Gasteiger partial charge in [0.2, 0.25) is 5.91 Å². The Balaban J connectivity index is 1.90. The summed E-state index contributed by atoms with van der Waals surface area (Å²) in [6.45, 7) is 0.664. The van der Waals surface area contributed by atoms with Crippen molar-refractivity contribution in [3.05, 3.63) is 29.8 Å². The van der Waals surface area contributed by atoms with Gasteiger partial charge in [-0.25, -0.2) is 0 Å². The van der Waals surface area contributed by atoms with Gasteiger partial charge in [0.1, 0.15) is 5.41 Å². The van der Waals surface area contributed by atoms with Crippen molar-refractivity contribution < 1.29 is 14.3 Å². The smallest absolute Gasteiger partial charge is 0.321 e. The van der Waals surface area contributed by atoms with Crippen molar-refractivity contribution >= 4 is 17.6 Å². The van der Waals surface area contributed by atoms with Crippen molar-refractivity contribution in [2.45, 2.75) is 19.3 Å². The molecule has 4 nitrogen and oxygen atoms in total. The number of hydrogen-bond donors (Lipinski definition) is 0. The number of para-hydroxylation sites is 1. The molecule has 94 valence electrons. The number of ether oxygens (including phenoxy) is 1. The van der Waals surface area contributed by atoms with Crippen LogP contribution >= 0.6 is 0 Å². The fourth-order valence-corrected chi connectivity index (χ4v) is 2.63. The van der Waals surface area contributed by atoms with Crippen molar-refractivity contribution in [1.82, 2.24) is 0 Å². The zero-order valence-corrected chi connectivity index (χ0v) is 10.3. The predicted octanol–water partition coefficient (Wildman–Crippen LogP) is 1.53. The zero-order chi connectivity index (χ0) is 12.8. The first kappa shape index (κ1) is 11.3. The summed E-state index contributed by atoms with van der Waals surface area (Å²) in [5, 5.41) is 0. The van der Waals surface area contributed by atoms with E-state index in [4.69, 9.17) is 4.74 Å². The van der Waals surface area contributed by atoms with E-state index in [1.165, 1.54) is 12.7 Å². The first-order chi connectivity index (χ1) is 8.69. The van der Waals surface area contributed by atoms with Crippen LogP contribution in [0, 0.1) is 5.41 Å². The highest BCUT2D eigenvalue weighted by Gasteiger charge is 2.59. The number of benzene rings is 1. The number of fused-ring (bicyclic) bond motifs is 1. The summed E-state index contributed by atoms with van der Waals surface area (Å²) < 4.78 is 4.76. The predicted molar refractivity (Wildman–Crippen MR) is 66.2 cm³/mol. The highest BCUT2D eigenvalue weighted by Crippen LogP contribution is 2.49. The minimum absolute atomic E-state index is 0.0979. The van der Waals surface area contributed by atoms with Crippen LogP contribution in [0.5, 0.6) is 0 Å².